The van der Waals surface area contributed by atoms with Gasteiger partial charge >= 0.3 is 5.69 Å². The third-order valence-electron chi connectivity index (χ3n) is 6.36. The molecule has 28 heavy (non-hydrogen) atoms. The first kappa shape index (κ1) is 21.3. The highest BCUT2D eigenvalue weighted by Gasteiger charge is 2.35. The molecule has 2 saturated heterocycles. The molecule has 3 heterocycles. The Kier molecular flexibility index (Phi) is 6.46. The van der Waals surface area contributed by atoms with Crippen LogP contribution in [0.1, 0.15) is 44.2 Å². The summed E-state index contributed by atoms with van der Waals surface area (Å²) in [6.45, 7) is 2.90. The predicted molar refractivity (Wildman–Crippen MR) is 109 cm³/mol. The topological polar surface area (TPSA) is 84.6 Å². The summed E-state index contributed by atoms with van der Waals surface area (Å²) in [5, 5.41) is 0. The number of nitrogens with zero attached hydrogens (tertiary/aromatic N) is 4. The Morgan fingerprint density at radius 3 is 2.29 bits per heavy atom. The summed E-state index contributed by atoms with van der Waals surface area (Å²) in [6, 6.07) is 1.64. The van der Waals surface area contributed by atoms with Crippen LogP contribution >= 0.6 is 0 Å². The van der Waals surface area contributed by atoms with Gasteiger partial charge in [0.2, 0.25) is 10.0 Å². The van der Waals surface area contributed by atoms with Crippen LogP contribution in [-0.4, -0.2) is 58.7 Å². The van der Waals surface area contributed by atoms with E-state index in [1.807, 2.05) is 0 Å². The lowest BCUT2D eigenvalue weighted by molar-refractivity contribution is 0.122. The molecule has 1 aromatic rings. The molecule has 2 aliphatic heterocycles. The minimum absolute atomic E-state index is 0.105. The number of hydrogen-bond acceptors (Lipinski definition) is 5. The lowest BCUT2D eigenvalue weighted by Crippen LogP contribution is -2.47. The zero-order chi connectivity index (χ0) is 20.5. The van der Waals surface area contributed by atoms with Gasteiger partial charge in [-0.05, 0) is 44.7 Å². The molecule has 8 nitrogen and oxygen atoms in total. The normalized spacial score (nSPS) is 23.6. The molecule has 3 rings (SSSR count). The first-order chi connectivity index (χ1) is 13.2. The third kappa shape index (κ3) is 4.58. The van der Waals surface area contributed by atoms with Gasteiger partial charge in [0.1, 0.15) is 0 Å². The monoisotopic (exact) mass is 412 g/mol. The largest absolute Gasteiger partial charge is 0.330 e. The van der Waals surface area contributed by atoms with Crippen LogP contribution in [0.4, 0.5) is 0 Å². The maximum absolute atomic E-state index is 12.3. The van der Waals surface area contributed by atoms with Crippen molar-refractivity contribution in [3.05, 3.63) is 32.6 Å². The van der Waals surface area contributed by atoms with Crippen LogP contribution in [-0.2, 0) is 30.7 Å². The second-order valence-electron chi connectivity index (χ2n) is 8.28. The van der Waals surface area contributed by atoms with Crippen LogP contribution in [0.3, 0.4) is 0 Å². The number of rotatable bonds is 4. The van der Waals surface area contributed by atoms with E-state index < -0.39 is 10.0 Å². The van der Waals surface area contributed by atoms with Crippen molar-refractivity contribution in [2.24, 2.45) is 20.0 Å². The average molecular weight is 413 g/mol. The van der Waals surface area contributed by atoms with Crippen LogP contribution in [0.5, 0.6) is 0 Å². The van der Waals surface area contributed by atoms with E-state index >= 15 is 0 Å². The minimum atomic E-state index is -3.18. The van der Waals surface area contributed by atoms with Crippen LogP contribution in [0, 0.1) is 5.92 Å². The molecular weight excluding hydrogens is 380 g/mol. The Bertz CT molecular complexity index is 913. The van der Waals surface area contributed by atoms with E-state index in [9.17, 15) is 18.0 Å². The summed E-state index contributed by atoms with van der Waals surface area (Å²) >= 11 is 0. The van der Waals surface area contributed by atoms with Crippen molar-refractivity contribution in [2.45, 2.75) is 51.1 Å². The molecule has 1 atom stereocenters. The van der Waals surface area contributed by atoms with Crippen molar-refractivity contribution >= 4 is 10.0 Å². The second-order valence-corrected chi connectivity index (χ2v) is 10.2. The maximum Gasteiger partial charge on any atom is 0.330 e. The Morgan fingerprint density at radius 2 is 1.64 bits per heavy atom. The number of aromatic nitrogens is 2. The summed E-state index contributed by atoms with van der Waals surface area (Å²) in [4.78, 5) is 26.3. The fourth-order valence-electron chi connectivity index (χ4n) is 4.65. The average Bonchev–Trinajstić information content (AvgIpc) is 2.91. The van der Waals surface area contributed by atoms with Crippen molar-refractivity contribution in [1.29, 1.82) is 0 Å². The Morgan fingerprint density at radius 1 is 0.964 bits per heavy atom. The van der Waals surface area contributed by atoms with Gasteiger partial charge in [0.25, 0.3) is 5.56 Å². The van der Waals surface area contributed by atoms with Crippen molar-refractivity contribution in [3.63, 3.8) is 0 Å². The minimum Gasteiger partial charge on any atom is -0.299 e. The Labute approximate surface area is 166 Å². The van der Waals surface area contributed by atoms with E-state index in [2.05, 4.69) is 4.90 Å². The first-order valence-electron chi connectivity index (χ1n) is 10.1. The smallest absolute Gasteiger partial charge is 0.299 e. The van der Waals surface area contributed by atoms with Gasteiger partial charge < -0.3 is 0 Å². The summed E-state index contributed by atoms with van der Waals surface area (Å²) in [7, 11) is -0.00426. The molecular formula is C19H32N4O4S. The SMILES string of the molecule is Cn1c(CN2CCC(C3CCCCCN3S(C)(=O)=O)CC2)cc(=O)n(C)c1=O. The number of likely N-dealkylation sites (tertiary alicyclic amines) is 1. The van der Waals surface area contributed by atoms with Gasteiger partial charge in [-0.25, -0.2) is 13.2 Å². The molecule has 0 saturated carbocycles. The molecule has 0 N–H and O–H groups in total. The summed E-state index contributed by atoms with van der Waals surface area (Å²) < 4.78 is 28.9. The molecule has 0 aliphatic carbocycles. The molecule has 2 aliphatic rings. The second kappa shape index (κ2) is 8.51. The van der Waals surface area contributed by atoms with Gasteiger partial charge in [-0.2, -0.15) is 4.31 Å². The van der Waals surface area contributed by atoms with Gasteiger partial charge in [-0.1, -0.05) is 12.8 Å². The van der Waals surface area contributed by atoms with Gasteiger partial charge in [0.05, 0.1) is 6.26 Å². The van der Waals surface area contributed by atoms with E-state index in [1.165, 1.54) is 23.9 Å². The molecule has 0 radical (unpaired) electrons. The van der Waals surface area contributed by atoms with Crippen molar-refractivity contribution < 1.29 is 8.42 Å². The Hall–Kier alpha value is -1.45. The van der Waals surface area contributed by atoms with Crippen LogP contribution in [0.15, 0.2) is 15.7 Å². The van der Waals surface area contributed by atoms with E-state index in [-0.39, 0.29) is 17.3 Å². The van der Waals surface area contributed by atoms with E-state index in [0.29, 0.717) is 19.0 Å². The molecule has 0 aromatic carbocycles. The first-order valence-corrected chi connectivity index (χ1v) is 12.0. The summed E-state index contributed by atoms with van der Waals surface area (Å²) in [5.41, 5.74) is 0.133. The highest BCUT2D eigenvalue weighted by atomic mass is 32.2. The summed E-state index contributed by atoms with van der Waals surface area (Å²) in [5.74, 6) is 0.372. The van der Waals surface area contributed by atoms with E-state index in [4.69, 9.17) is 0 Å². The molecule has 2 fully saturated rings. The highest BCUT2D eigenvalue weighted by Crippen LogP contribution is 2.31. The maximum atomic E-state index is 12.3. The van der Waals surface area contributed by atoms with Gasteiger partial charge in [0.15, 0.2) is 0 Å². The van der Waals surface area contributed by atoms with Crippen molar-refractivity contribution in [1.82, 2.24) is 18.3 Å². The summed E-state index contributed by atoms with van der Waals surface area (Å²) in [6.07, 6.45) is 7.28. The zero-order valence-electron chi connectivity index (χ0n) is 17.1. The number of sulfonamides is 1. The standard InChI is InChI=1S/C19H32N4O4S/c1-20-16(13-18(24)21(2)19(20)25)14-22-11-8-15(9-12-22)17-7-5-4-6-10-23(17)28(3,26)27/h13,15,17H,4-12,14H2,1-3H3. The fraction of sp³-hybridized carbons (Fsp3) is 0.789. The van der Waals surface area contributed by atoms with Crippen molar-refractivity contribution in [2.75, 3.05) is 25.9 Å². The molecule has 9 heteroatoms. The molecule has 0 amide bonds. The molecule has 0 spiro atoms. The Balaban J connectivity index is 1.67. The third-order valence-corrected chi connectivity index (χ3v) is 7.67. The highest BCUT2D eigenvalue weighted by molar-refractivity contribution is 7.88. The predicted octanol–water partition coefficient (Wildman–Crippen LogP) is 0.500. The number of hydrogen-bond donors (Lipinski definition) is 0. The van der Waals surface area contributed by atoms with Crippen molar-refractivity contribution in [3.8, 4) is 0 Å². The number of piperidine rings is 1. The van der Waals surface area contributed by atoms with Gasteiger partial charge in [-0.15, -0.1) is 0 Å². The van der Waals surface area contributed by atoms with Gasteiger partial charge in [-0.3, -0.25) is 18.8 Å². The van der Waals surface area contributed by atoms with Crippen LogP contribution < -0.4 is 11.2 Å². The van der Waals surface area contributed by atoms with Gasteiger partial charge in [0, 0.05) is 45.0 Å². The van der Waals surface area contributed by atoms with Crippen LogP contribution in [0.2, 0.25) is 0 Å². The quantitative estimate of drug-likeness (QED) is 0.719. The van der Waals surface area contributed by atoms with Crippen LogP contribution in [0.25, 0.3) is 0 Å². The lowest BCUT2D eigenvalue weighted by Gasteiger charge is -2.39. The van der Waals surface area contributed by atoms with E-state index in [1.54, 1.807) is 11.4 Å². The zero-order valence-corrected chi connectivity index (χ0v) is 17.9. The molecule has 1 aromatic heterocycles. The molecule has 0 bridgehead atoms. The van der Waals surface area contributed by atoms with E-state index in [0.717, 1.165) is 61.9 Å². The molecule has 1 unspecified atom stereocenters. The fourth-order valence-corrected chi connectivity index (χ4v) is 5.88. The molecule has 158 valence electrons. The lowest BCUT2D eigenvalue weighted by atomic mass is 9.87.